The predicted molar refractivity (Wildman–Crippen MR) is 87.9 cm³/mol. The van der Waals surface area contributed by atoms with Crippen LogP contribution in [0.5, 0.6) is 0 Å². The lowest BCUT2D eigenvalue weighted by atomic mass is 9.91. The summed E-state index contributed by atoms with van der Waals surface area (Å²) in [4.78, 5) is -0.495. The Balaban J connectivity index is 1.66. The van der Waals surface area contributed by atoms with Crippen molar-refractivity contribution in [3.63, 3.8) is 0 Å². The van der Waals surface area contributed by atoms with Crippen molar-refractivity contribution >= 4 is 10.0 Å². The SMILES string of the molecule is O=S(=O)(c1ccc(F)cc1F)N1CCC(Cc2ccc(F)cc2)CC1. The van der Waals surface area contributed by atoms with Crippen LogP contribution in [0.2, 0.25) is 0 Å². The van der Waals surface area contributed by atoms with Gasteiger partial charge in [-0.1, -0.05) is 12.1 Å². The predicted octanol–water partition coefficient (Wildman–Crippen LogP) is 3.75. The molecule has 0 atom stereocenters. The Morgan fingerprint density at radius 1 is 0.920 bits per heavy atom. The summed E-state index contributed by atoms with van der Waals surface area (Å²) in [6, 6.07) is 8.76. The van der Waals surface area contributed by atoms with Crippen LogP contribution in [0.25, 0.3) is 0 Å². The minimum Gasteiger partial charge on any atom is -0.207 e. The third kappa shape index (κ3) is 4.04. The Kier molecular flexibility index (Phi) is 5.15. The smallest absolute Gasteiger partial charge is 0.207 e. The Morgan fingerprint density at radius 3 is 2.12 bits per heavy atom. The molecule has 0 unspecified atom stereocenters. The van der Waals surface area contributed by atoms with E-state index in [-0.39, 0.29) is 24.8 Å². The molecular weight excluding hydrogens is 351 g/mol. The summed E-state index contributed by atoms with van der Waals surface area (Å²) in [5.41, 5.74) is 1.01. The number of hydrogen-bond donors (Lipinski definition) is 0. The van der Waals surface area contributed by atoms with Crippen LogP contribution in [0.1, 0.15) is 18.4 Å². The molecule has 0 radical (unpaired) electrons. The van der Waals surface area contributed by atoms with E-state index >= 15 is 0 Å². The standard InChI is InChI=1S/C18H18F3NO2S/c19-15-3-1-13(2-4-15)11-14-7-9-22(10-8-14)25(23,24)18-6-5-16(20)12-17(18)21/h1-6,12,14H,7-11H2. The first kappa shape index (κ1) is 17.9. The van der Waals surface area contributed by atoms with E-state index in [9.17, 15) is 21.6 Å². The van der Waals surface area contributed by atoms with E-state index in [0.29, 0.717) is 18.9 Å². The second kappa shape index (κ2) is 7.17. The summed E-state index contributed by atoms with van der Waals surface area (Å²) in [7, 11) is -3.97. The molecule has 0 spiro atoms. The lowest BCUT2D eigenvalue weighted by molar-refractivity contribution is 0.272. The van der Waals surface area contributed by atoms with Gasteiger partial charge in [0.15, 0.2) is 0 Å². The number of rotatable bonds is 4. The van der Waals surface area contributed by atoms with Gasteiger partial charge in [0, 0.05) is 19.2 Å². The molecule has 1 aliphatic heterocycles. The third-order valence-electron chi connectivity index (χ3n) is 4.52. The van der Waals surface area contributed by atoms with Gasteiger partial charge in [-0.05, 0) is 55.0 Å². The monoisotopic (exact) mass is 369 g/mol. The van der Waals surface area contributed by atoms with Crippen LogP contribution in [-0.2, 0) is 16.4 Å². The fraction of sp³-hybridized carbons (Fsp3) is 0.333. The van der Waals surface area contributed by atoms with Gasteiger partial charge in [-0.2, -0.15) is 4.31 Å². The van der Waals surface area contributed by atoms with Crippen molar-refractivity contribution in [2.45, 2.75) is 24.2 Å². The van der Waals surface area contributed by atoms with Crippen LogP contribution in [0.4, 0.5) is 13.2 Å². The fourth-order valence-corrected chi connectivity index (χ4v) is 4.65. The van der Waals surface area contributed by atoms with Crippen LogP contribution in [0, 0.1) is 23.4 Å². The highest BCUT2D eigenvalue weighted by atomic mass is 32.2. The molecule has 2 aromatic carbocycles. The summed E-state index contributed by atoms with van der Waals surface area (Å²) in [6.45, 7) is 0.565. The van der Waals surface area contributed by atoms with Crippen molar-refractivity contribution in [2.24, 2.45) is 5.92 Å². The lowest BCUT2D eigenvalue weighted by Crippen LogP contribution is -2.39. The van der Waals surface area contributed by atoms with E-state index in [2.05, 4.69) is 0 Å². The summed E-state index contributed by atoms with van der Waals surface area (Å²) < 4.78 is 66.1. The zero-order chi connectivity index (χ0) is 18.0. The molecule has 0 saturated carbocycles. The van der Waals surface area contributed by atoms with Crippen molar-refractivity contribution in [3.05, 3.63) is 65.5 Å². The molecule has 7 heteroatoms. The van der Waals surface area contributed by atoms with Gasteiger partial charge in [-0.25, -0.2) is 21.6 Å². The van der Waals surface area contributed by atoms with Crippen molar-refractivity contribution in [1.82, 2.24) is 4.31 Å². The molecule has 0 N–H and O–H groups in total. The zero-order valence-corrected chi connectivity index (χ0v) is 14.3. The van der Waals surface area contributed by atoms with Crippen LogP contribution >= 0.6 is 0 Å². The lowest BCUT2D eigenvalue weighted by Gasteiger charge is -2.31. The van der Waals surface area contributed by atoms with Crippen molar-refractivity contribution < 1.29 is 21.6 Å². The van der Waals surface area contributed by atoms with Gasteiger partial charge in [-0.15, -0.1) is 0 Å². The van der Waals surface area contributed by atoms with Gasteiger partial charge in [-0.3, -0.25) is 0 Å². The van der Waals surface area contributed by atoms with E-state index in [0.717, 1.165) is 24.1 Å². The zero-order valence-electron chi connectivity index (χ0n) is 13.5. The number of piperidine rings is 1. The van der Waals surface area contributed by atoms with E-state index in [1.807, 2.05) is 0 Å². The first-order valence-electron chi connectivity index (χ1n) is 8.06. The second-order valence-electron chi connectivity index (χ2n) is 6.25. The Labute approximate surface area is 145 Å². The number of nitrogens with zero attached hydrogens (tertiary/aromatic N) is 1. The fourth-order valence-electron chi connectivity index (χ4n) is 3.13. The Bertz CT molecular complexity index is 845. The molecule has 1 aliphatic rings. The maximum Gasteiger partial charge on any atom is 0.245 e. The maximum atomic E-state index is 13.8. The topological polar surface area (TPSA) is 37.4 Å². The van der Waals surface area contributed by atoms with Gasteiger partial charge < -0.3 is 0 Å². The number of sulfonamides is 1. The Hall–Kier alpha value is -1.86. The second-order valence-corrected chi connectivity index (χ2v) is 8.16. The normalized spacial score (nSPS) is 16.9. The average Bonchev–Trinajstić information content (AvgIpc) is 2.57. The molecule has 0 aromatic heterocycles. The first-order valence-corrected chi connectivity index (χ1v) is 9.50. The van der Waals surface area contributed by atoms with Gasteiger partial charge in [0.2, 0.25) is 10.0 Å². The van der Waals surface area contributed by atoms with E-state index < -0.39 is 26.6 Å². The summed E-state index contributed by atoms with van der Waals surface area (Å²) in [5.74, 6) is -1.89. The number of hydrogen-bond acceptors (Lipinski definition) is 2. The molecule has 1 saturated heterocycles. The highest BCUT2D eigenvalue weighted by Gasteiger charge is 2.31. The molecule has 25 heavy (non-hydrogen) atoms. The molecular formula is C18H18F3NO2S. The van der Waals surface area contributed by atoms with Gasteiger partial charge in [0.05, 0.1) is 0 Å². The van der Waals surface area contributed by atoms with Crippen molar-refractivity contribution in [2.75, 3.05) is 13.1 Å². The molecule has 1 heterocycles. The van der Waals surface area contributed by atoms with Gasteiger partial charge in [0.25, 0.3) is 0 Å². The van der Waals surface area contributed by atoms with Gasteiger partial charge >= 0.3 is 0 Å². The maximum absolute atomic E-state index is 13.8. The number of halogens is 3. The minimum atomic E-state index is -3.97. The highest BCUT2D eigenvalue weighted by molar-refractivity contribution is 7.89. The van der Waals surface area contributed by atoms with E-state index in [4.69, 9.17) is 0 Å². The largest absolute Gasteiger partial charge is 0.245 e. The molecule has 0 bridgehead atoms. The first-order chi connectivity index (χ1) is 11.9. The van der Waals surface area contributed by atoms with Crippen LogP contribution in [-0.4, -0.2) is 25.8 Å². The van der Waals surface area contributed by atoms with E-state index in [1.165, 1.54) is 16.4 Å². The summed E-state index contributed by atoms with van der Waals surface area (Å²) in [6.07, 6.45) is 2.03. The average molecular weight is 369 g/mol. The van der Waals surface area contributed by atoms with E-state index in [1.54, 1.807) is 12.1 Å². The molecule has 1 fully saturated rings. The molecule has 2 aromatic rings. The number of benzene rings is 2. The molecule has 3 nitrogen and oxygen atoms in total. The van der Waals surface area contributed by atoms with Crippen molar-refractivity contribution in [3.8, 4) is 0 Å². The molecule has 134 valence electrons. The van der Waals surface area contributed by atoms with Crippen LogP contribution in [0.3, 0.4) is 0 Å². The third-order valence-corrected chi connectivity index (χ3v) is 6.45. The molecule has 0 amide bonds. The molecule has 0 aliphatic carbocycles. The van der Waals surface area contributed by atoms with Crippen LogP contribution in [0.15, 0.2) is 47.4 Å². The minimum absolute atomic E-state index is 0.283. The van der Waals surface area contributed by atoms with Gasteiger partial charge in [0.1, 0.15) is 22.3 Å². The van der Waals surface area contributed by atoms with Crippen LogP contribution < -0.4 is 0 Å². The summed E-state index contributed by atoms with van der Waals surface area (Å²) in [5, 5.41) is 0. The van der Waals surface area contributed by atoms with Crippen molar-refractivity contribution in [1.29, 1.82) is 0 Å². The highest BCUT2D eigenvalue weighted by Crippen LogP contribution is 2.27. The Morgan fingerprint density at radius 2 is 1.52 bits per heavy atom. The quantitative estimate of drug-likeness (QED) is 0.823. The summed E-state index contributed by atoms with van der Waals surface area (Å²) >= 11 is 0. The molecule has 3 rings (SSSR count).